The maximum absolute atomic E-state index is 12.9. The third kappa shape index (κ3) is 2.31. The molecule has 0 heterocycles. The van der Waals surface area contributed by atoms with Crippen LogP contribution in [0.15, 0.2) is 24.3 Å². The maximum Gasteiger partial charge on any atom is 0.131 e. The molecular formula is C9H12FN. The van der Waals surface area contributed by atoms with E-state index in [-0.39, 0.29) is 5.82 Å². The minimum absolute atomic E-state index is 0.143. The van der Waals surface area contributed by atoms with Gasteiger partial charge in [-0.15, -0.1) is 0 Å². The second-order valence-corrected chi connectivity index (χ2v) is 2.73. The SMILES string of the molecule is [CH2-][NH+](C)Cc1ccccc1F. The summed E-state index contributed by atoms with van der Waals surface area (Å²) in [7, 11) is 5.62. The van der Waals surface area contributed by atoms with Crippen LogP contribution in [0.1, 0.15) is 5.56 Å². The smallest absolute Gasteiger partial charge is 0.131 e. The monoisotopic (exact) mass is 153 g/mol. The van der Waals surface area contributed by atoms with E-state index in [2.05, 4.69) is 7.05 Å². The molecule has 2 heteroatoms. The van der Waals surface area contributed by atoms with Gasteiger partial charge in [-0.25, -0.2) is 4.39 Å². The topological polar surface area (TPSA) is 4.44 Å². The summed E-state index contributed by atoms with van der Waals surface area (Å²) in [6, 6.07) is 6.78. The lowest BCUT2D eigenvalue weighted by atomic mass is 10.2. The van der Waals surface area contributed by atoms with Crippen LogP contribution < -0.4 is 4.90 Å². The molecule has 0 spiro atoms. The van der Waals surface area contributed by atoms with Crippen molar-refractivity contribution in [3.8, 4) is 0 Å². The largest absolute Gasteiger partial charge is 0.466 e. The van der Waals surface area contributed by atoms with Crippen LogP contribution in [0.4, 0.5) is 4.39 Å². The van der Waals surface area contributed by atoms with Gasteiger partial charge in [0.15, 0.2) is 0 Å². The molecule has 1 nitrogen and oxygen atoms in total. The van der Waals surface area contributed by atoms with Gasteiger partial charge < -0.3 is 4.90 Å². The molecule has 1 rings (SSSR count). The van der Waals surface area contributed by atoms with Crippen molar-refractivity contribution in [3.05, 3.63) is 42.7 Å². The van der Waals surface area contributed by atoms with E-state index in [9.17, 15) is 4.39 Å². The first-order valence-electron chi connectivity index (χ1n) is 3.58. The summed E-state index contributed by atoms with van der Waals surface area (Å²) in [5.41, 5.74) is 0.722. The predicted molar refractivity (Wildman–Crippen MR) is 42.3 cm³/mol. The van der Waals surface area contributed by atoms with Crippen molar-refractivity contribution >= 4 is 0 Å². The van der Waals surface area contributed by atoms with E-state index >= 15 is 0 Å². The maximum atomic E-state index is 12.9. The van der Waals surface area contributed by atoms with Gasteiger partial charge in [0.25, 0.3) is 0 Å². The molecule has 1 N–H and O–H groups in total. The molecule has 1 aromatic carbocycles. The van der Waals surface area contributed by atoms with Crippen molar-refractivity contribution in [2.45, 2.75) is 6.54 Å². The summed E-state index contributed by atoms with van der Waals surface area (Å²) >= 11 is 0. The van der Waals surface area contributed by atoms with Crippen molar-refractivity contribution in [2.75, 3.05) is 7.05 Å². The quantitative estimate of drug-likeness (QED) is 0.594. The van der Waals surface area contributed by atoms with Crippen LogP contribution in [-0.2, 0) is 6.54 Å². The van der Waals surface area contributed by atoms with Gasteiger partial charge in [-0.2, -0.15) is 7.05 Å². The zero-order valence-corrected chi connectivity index (χ0v) is 6.60. The first kappa shape index (κ1) is 8.21. The number of halogens is 1. The van der Waals surface area contributed by atoms with Crippen LogP contribution in [-0.4, -0.2) is 7.05 Å². The fourth-order valence-corrected chi connectivity index (χ4v) is 0.967. The number of rotatable bonds is 2. The third-order valence-electron chi connectivity index (χ3n) is 1.45. The van der Waals surface area contributed by atoms with Gasteiger partial charge >= 0.3 is 0 Å². The highest BCUT2D eigenvalue weighted by Crippen LogP contribution is 2.03. The Kier molecular flexibility index (Phi) is 2.60. The molecule has 0 bridgehead atoms. The highest BCUT2D eigenvalue weighted by atomic mass is 19.1. The normalized spacial score (nSPS) is 13.0. The Morgan fingerprint density at radius 2 is 2.09 bits per heavy atom. The highest BCUT2D eigenvalue weighted by molar-refractivity contribution is 5.15. The predicted octanol–water partition coefficient (Wildman–Crippen LogP) is 0.632. The molecule has 0 aromatic heterocycles. The molecule has 0 radical (unpaired) electrons. The number of benzene rings is 1. The fraction of sp³-hybridized carbons (Fsp3) is 0.222. The summed E-state index contributed by atoms with van der Waals surface area (Å²) in [6.45, 7) is 0.632. The Balaban J connectivity index is 2.78. The average Bonchev–Trinajstić information content (AvgIpc) is 1.93. The van der Waals surface area contributed by atoms with E-state index < -0.39 is 0 Å². The molecule has 0 saturated carbocycles. The van der Waals surface area contributed by atoms with Crippen molar-refractivity contribution in [2.24, 2.45) is 0 Å². The molecule has 0 fully saturated rings. The van der Waals surface area contributed by atoms with Crippen LogP contribution in [0.25, 0.3) is 0 Å². The first-order chi connectivity index (χ1) is 5.20. The van der Waals surface area contributed by atoms with Gasteiger partial charge in [0.1, 0.15) is 5.82 Å². The lowest BCUT2D eigenvalue weighted by Gasteiger charge is -2.13. The molecule has 0 amide bonds. The minimum atomic E-state index is -0.143. The minimum Gasteiger partial charge on any atom is -0.466 e. The van der Waals surface area contributed by atoms with E-state index in [1.54, 1.807) is 12.1 Å². The van der Waals surface area contributed by atoms with Crippen LogP contribution >= 0.6 is 0 Å². The Labute approximate surface area is 66.5 Å². The summed E-state index contributed by atoms with van der Waals surface area (Å²) in [6.07, 6.45) is 0. The van der Waals surface area contributed by atoms with Gasteiger partial charge in [0.2, 0.25) is 0 Å². The molecule has 0 aliphatic heterocycles. The van der Waals surface area contributed by atoms with Gasteiger partial charge in [0.05, 0.1) is 6.54 Å². The summed E-state index contributed by atoms with van der Waals surface area (Å²) in [5.74, 6) is -0.143. The van der Waals surface area contributed by atoms with Gasteiger partial charge in [0, 0.05) is 12.6 Å². The van der Waals surface area contributed by atoms with E-state index in [1.807, 2.05) is 13.1 Å². The van der Waals surface area contributed by atoms with Crippen molar-refractivity contribution in [3.63, 3.8) is 0 Å². The van der Waals surface area contributed by atoms with Gasteiger partial charge in [-0.05, 0) is 6.07 Å². The Hall–Kier alpha value is -0.890. The second kappa shape index (κ2) is 3.49. The number of quaternary nitrogens is 1. The number of hydrogen-bond acceptors (Lipinski definition) is 0. The zero-order valence-electron chi connectivity index (χ0n) is 6.60. The number of hydrogen-bond donors (Lipinski definition) is 1. The van der Waals surface area contributed by atoms with E-state index in [0.717, 1.165) is 10.5 Å². The first-order valence-corrected chi connectivity index (χ1v) is 3.58. The fourth-order valence-electron chi connectivity index (χ4n) is 0.967. The average molecular weight is 153 g/mol. The summed E-state index contributed by atoms with van der Waals surface area (Å²) in [5, 5.41) is 0. The lowest BCUT2D eigenvalue weighted by Crippen LogP contribution is -3.01. The summed E-state index contributed by atoms with van der Waals surface area (Å²) in [4.78, 5) is 0.982. The Morgan fingerprint density at radius 1 is 1.45 bits per heavy atom. The molecule has 1 unspecified atom stereocenters. The van der Waals surface area contributed by atoms with Crippen molar-refractivity contribution in [1.82, 2.24) is 0 Å². The Bertz CT molecular complexity index is 233. The zero-order chi connectivity index (χ0) is 8.27. The lowest BCUT2D eigenvalue weighted by molar-refractivity contribution is -0.846. The molecule has 0 saturated heterocycles. The summed E-state index contributed by atoms with van der Waals surface area (Å²) < 4.78 is 12.9. The molecule has 11 heavy (non-hydrogen) atoms. The second-order valence-electron chi connectivity index (χ2n) is 2.73. The van der Waals surface area contributed by atoms with Gasteiger partial charge in [-0.3, -0.25) is 0 Å². The van der Waals surface area contributed by atoms with Crippen LogP contribution in [0.3, 0.4) is 0 Å². The van der Waals surface area contributed by atoms with Crippen LogP contribution in [0, 0.1) is 12.9 Å². The standard InChI is InChI=1S/C9H12FN/c1-11(2)7-8-5-3-4-6-9(8)10/h3-6,11H,1,7H2,2H3. The van der Waals surface area contributed by atoms with E-state index in [0.29, 0.717) is 6.54 Å². The molecule has 60 valence electrons. The Morgan fingerprint density at radius 3 is 2.64 bits per heavy atom. The number of nitrogens with one attached hydrogen (secondary N) is 1. The molecule has 1 atom stereocenters. The van der Waals surface area contributed by atoms with Crippen molar-refractivity contribution < 1.29 is 9.29 Å². The van der Waals surface area contributed by atoms with Crippen LogP contribution in [0.5, 0.6) is 0 Å². The third-order valence-corrected chi connectivity index (χ3v) is 1.45. The molecular weight excluding hydrogens is 141 g/mol. The van der Waals surface area contributed by atoms with Crippen LogP contribution in [0.2, 0.25) is 0 Å². The highest BCUT2D eigenvalue weighted by Gasteiger charge is 2.00. The molecule has 0 aliphatic carbocycles. The van der Waals surface area contributed by atoms with E-state index in [1.165, 1.54) is 6.07 Å². The van der Waals surface area contributed by atoms with E-state index in [4.69, 9.17) is 0 Å². The molecule has 0 aliphatic rings. The molecule has 1 aromatic rings. The van der Waals surface area contributed by atoms with Gasteiger partial charge in [-0.1, -0.05) is 18.2 Å². The van der Waals surface area contributed by atoms with Crippen molar-refractivity contribution in [1.29, 1.82) is 0 Å².